The van der Waals surface area contributed by atoms with Crippen molar-refractivity contribution >= 4 is 148 Å². The fourth-order valence-electron chi connectivity index (χ4n) is 12.0. The number of fused-ring (bicyclic) bond motifs is 2. The second-order valence-electron chi connectivity index (χ2n) is 25.0. The van der Waals surface area contributed by atoms with Crippen LogP contribution in [0.2, 0.25) is 20.1 Å². The minimum atomic E-state index is -0.930. The number of hydrogen-bond donors (Lipinski definition) is 9. The van der Waals surface area contributed by atoms with E-state index in [1.165, 1.54) is 22.7 Å². The first-order chi connectivity index (χ1) is 53.7. The highest BCUT2D eigenvalue weighted by atomic mass is 35.5. The molecule has 2 saturated heterocycles. The molecule has 35 heteroatoms. The number of carbonyl (C=O) groups excluding carboxylic acids is 3. The molecule has 0 saturated carbocycles. The number of nitrogens with one attached hydrogen (secondary N) is 8. The van der Waals surface area contributed by atoms with Crippen molar-refractivity contribution < 1.29 is 64.7 Å². The molecule has 28 nitrogen and oxygen atoms in total. The van der Waals surface area contributed by atoms with Crippen LogP contribution in [0.5, 0.6) is 11.8 Å². The molecule has 4 aromatic carbocycles. The Balaban J connectivity index is 0.000000315. The Morgan fingerprint density at radius 3 is 1.38 bits per heavy atom. The maximum Gasteiger partial charge on any atom is 0.519 e. The largest absolute Gasteiger partial charge is 0.519 e. The number of nitrogens with zero attached hydrogens (tertiary/aromatic N) is 6. The number of aliphatic carboxylic acids is 1. The zero-order valence-corrected chi connectivity index (χ0v) is 65.2. The number of amides is 2. The Bertz CT molecular complexity index is 5550. The molecular formula is C76H83Cl5N14O14S2. The van der Waals surface area contributed by atoms with Crippen molar-refractivity contribution in [3.63, 3.8) is 0 Å². The van der Waals surface area contributed by atoms with Crippen molar-refractivity contribution in [1.82, 2.24) is 61.8 Å². The van der Waals surface area contributed by atoms with Gasteiger partial charge in [0.25, 0.3) is 0 Å². The van der Waals surface area contributed by atoms with Crippen LogP contribution in [0.4, 0.5) is 23.0 Å². The van der Waals surface area contributed by atoms with Crippen LogP contribution in [0.1, 0.15) is 78.4 Å². The van der Waals surface area contributed by atoms with Crippen molar-refractivity contribution in [3.8, 4) is 56.5 Å². The summed E-state index contributed by atoms with van der Waals surface area (Å²) in [6.07, 6.45) is 6.14. The Labute approximate surface area is 675 Å². The number of carboxylic acids is 1. The molecule has 2 amide bonds. The maximum absolute atomic E-state index is 12.2. The molecule has 2 fully saturated rings. The van der Waals surface area contributed by atoms with Crippen molar-refractivity contribution in [2.75, 3.05) is 51.0 Å². The Morgan fingerprint density at radius 2 is 0.973 bits per heavy atom. The van der Waals surface area contributed by atoms with Crippen molar-refractivity contribution in [2.24, 2.45) is 0 Å². The van der Waals surface area contributed by atoms with E-state index in [-0.39, 0.29) is 69.6 Å². The van der Waals surface area contributed by atoms with Gasteiger partial charge >= 0.3 is 23.6 Å². The Kier molecular flexibility index (Phi) is 27.1. The number of esters is 1. The monoisotopic (exact) mass is 1650 g/mol. The van der Waals surface area contributed by atoms with Gasteiger partial charge in [-0.25, -0.2) is 39.5 Å². The molecule has 14 rings (SSSR count). The number of alkyl halides is 1. The predicted molar refractivity (Wildman–Crippen MR) is 438 cm³/mol. The molecule has 9 N–H and O–H groups in total. The van der Waals surface area contributed by atoms with Gasteiger partial charge in [0.1, 0.15) is 26.8 Å². The summed E-state index contributed by atoms with van der Waals surface area (Å²) in [5.74, 6) is 0.646. The van der Waals surface area contributed by atoms with Gasteiger partial charge in [-0.15, -0.1) is 34.3 Å². The third-order valence-corrected chi connectivity index (χ3v) is 21.4. The van der Waals surface area contributed by atoms with E-state index in [1.807, 2.05) is 109 Å². The number of benzene rings is 4. The van der Waals surface area contributed by atoms with Gasteiger partial charge in [0.15, 0.2) is 35.5 Å². The molecule has 2 atom stereocenters. The molecule has 588 valence electrons. The summed E-state index contributed by atoms with van der Waals surface area (Å²) >= 11 is 36.4. The minimum absolute atomic E-state index is 0. The number of carbonyl (C=O) groups is 4. The number of aryl methyl sites for hydroxylation is 2. The van der Waals surface area contributed by atoms with Gasteiger partial charge in [0, 0.05) is 130 Å². The van der Waals surface area contributed by atoms with Crippen LogP contribution >= 0.6 is 80.7 Å². The van der Waals surface area contributed by atoms with E-state index in [9.17, 15) is 28.8 Å². The molecule has 2 unspecified atom stereocenters. The summed E-state index contributed by atoms with van der Waals surface area (Å²) in [5, 5.41) is 37.5. The number of methoxy groups -OCH3 is 2. The number of hydrogen-bond acceptors (Lipinski definition) is 27. The molecule has 0 bridgehead atoms. The molecule has 0 spiro atoms. The number of ether oxygens (including phenoxy) is 3. The lowest BCUT2D eigenvalue weighted by Gasteiger charge is -2.16. The van der Waals surface area contributed by atoms with Gasteiger partial charge in [0.2, 0.25) is 23.6 Å². The highest BCUT2D eigenvalue weighted by molar-refractivity contribution is 7.19. The summed E-state index contributed by atoms with van der Waals surface area (Å²) in [6, 6.07) is 34.4. The molecule has 0 radical (unpaired) electrons. The van der Waals surface area contributed by atoms with Crippen LogP contribution in [0.3, 0.4) is 0 Å². The minimum Gasteiger partial charge on any atom is -0.481 e. The highest BCUT2D eigenvalue weighted by Crippen LogP contribution is 2.45. The number of pyridine rings is 4. The molecule has 10 heterocycles. The molecule has 111 heavy (non-hydrogen) atoms. The second-order valence-corrected chi connectivity index (χ2v) is 29.0. The third kappa shape index (κ3) is 20.2. The van der Waals surface area contributed by atoms with E-state index in [0.717, 1.165) is 60.1 Å². The highest BCUT2D eigenvalue weighted by Gasteiger charge is 2.25. The number of halogens is 5. The quantitative estimate of drug-likeness (QED) is 0.0155. The maximum atomic E-state index is 12.2. The molecule has 2 aliphatic rings. The number of carboxylic acid groups (broad SMARTS) is 1. The molecule has 8 aromatic heterocycles. The zero-order valence-electron chi connectivity index (χ0n) is 59.7. The SMILES string of the molecule is COc1nc(-c2cccc(-c3cccc(Nc4nccc5sc(CNCC(=O)O)nc45)c3Cl)c2Cl)ccc1CNCC1CCC(=O)N1.COc1nc(-c2cccc(-c3cccc(Nc4nccc5sc(CNCC(=O)OCc6oc(=O)oc6C)nc45)c3Cl)c2Cl)ccc1CNCC1CCC(=O)N1.Cc1oc(=O)oc1CCl.[HH].[HH].[HH].[HH].[HH].[HH]. The van der Waals surface area contributed by atoms with E-state index >= 15 is 0 Å². The lowest BCUT2D eigenvalue weighted by molar-refractivity contribution is -0.144. The van der Waals surface area contributed by atoms with Gasteiger partial charge in [-0.2, -0.15) is 0 Å². The van der Waals surface area contributed by atoms with E-state index < -0.39 is 23.6 Å². The first-order valence-corrected chi connectivity index (χ1v) is 38.2. The molecule has 2 aliphatic heterocycles. The van der Waals surface area contributed by atoms with Crippen LogP contribution in [-0.4, -0.2) is 111 Å². The number of thiazole rings is 2. The standard InChI is InChI=1S/C38H35Cl2N7O7S.C33H31Cl2N7O4S.C5H5ClO3.6H2/c1-20-28(54-38(50)53-20)19-52-32(49)18-42-17-31-47-35-29(55-31)13-14-43-36(35)45-27-8-4-6-24(34(27)40)23-5-3-7-25(33(23)39)26-11-9-21(37(46-26)51-2)15-41-16-22-10-12-30(48)44-22;1-46-33-18(14-36-15-19-9-11-26(43)39-19)8-10-23(41-33)22-6-2-4-20(29(22)34)21-5-3-7-24(30(21)35)40-32-31-25(12-13-38-32)47-27(42-31)16-37-17-28(44)45;1-3-4(2-6)9-5(7)8-3;;;;;;/h3-9,11,13-14,22,41-42H,10,12,15-19H2,1-2H3,(H,43,45)(H,44,48);2-8,10,12-13,19,36-37H,9,11,14-17H2,1H3,(H,38,40)(H,39,43)(H,44,45);2H2,1H3;6*1H. The number of anilines is 4. The van der Waals surface area contributed by atoms with Gasteiger partial charge in [0.05, 0.1) is 85.4 Å². The summed E-state index contributed by atoms with van der Waals surface area (Å²) in [6.45, 7) is 5.78. The van der Waals surface area contributed by atoms with Crippen LogP contribution in [0.15, 0.2) is 149 Å². The van der Waals surface area contributed by atoms with E-state index in [0.29, 0.717) is 158 Å². The topological polar surface area (TPSA) is 376 Å². The van der Waals surface area contributed by atoms with Crippen molar-refractivity contribution in [1.29, 1.82) is 0 Å². The lowest BCUT2D eigenvalue weighted by atomic mass is 10.00. The molecular weight excluding hydrogens is 1570 g/mol. The van der Waals surface area contributed by atoms with Crippen LogP contribution in [0.25, 0.3) is 65.2 Å². The molecule has 12 aromatic rings. The van der Waals surface area contributed by atoms with Gasteiger partial charge in [-0.1, -0.05) is 119 Å². The number of aromatic nitrogens is 6. The molecule has 0 aliphatic carbocycles. The summed E-state index contributed by atoms with van der Waals surface area (Å²) in [5.41, 5.74) is 9.91. The Morgan fingerprint density at radius 1 is 0.541 bits per heavy atom. The summed E-state index contributed by atoms with van der Waals surface area (Å²) in [4.78, 5) is 95.6. The van der Waals surface area contributed by atoms with Crippen molar-refractivity contribution in [3.05, 3.63) is 207 Å². The van der Waals surface area contributed by atoms with Crippen molar-refractivity contribution in [2.45, 2.75) is 90.3 Å². The van der Waals surface area contributed by atoms with Crippen LogP contribution in [-0.2, 0) is 62.6 Å². The zero-order chi connectivity index (χ0) is 78.2. The predicted octanol–water partition coefficient (Wildman–Crippen LogP) is 15.3. The normalized spacial score (nSPS) is 13.8. The van der Waals surface area contributed by atoms with E-state index in [4.69, 9.17) is 101 Å². The lowest BCUT2D eigenvalue weighted by Crippen LogP contribution is -2.35. The summed E-state index contributed by atoms with van der Waals surface area (Å²) in [7, 11) is 3.17. The third-order valence-electron chi connectivity index (χ3n) is 17.4. The first-order valence-electron chi connectivity index (χ1n) is 34.5. The fraction of sp³-hybridized carbons (Fsp3) is 0.263. The van der Waals surface area contributed by atoms with Crippen LogP contribution < -0.4 is 63.7 Å². The summed E-state index contributed by atoms with van der Waals surface area (Å²) < 4.78 is 36.9. The van der Waals surface area contributed by atoms with E-state index in [2.05, 4.69) is 66.3 Å². The number of rotatable bonds is 29. The van der Waals surface area contributed by atoms with Gasteiger partial charge in [-0.05, 0) is 63.1 Å². The average Bonchev–Trinajstić information content (AvgIpc) is 1.78. The van der Waals surface area contributed by atoms with Gasteiger partial charge in [-0.3, -0.25) is 19.2 Å². The van der Waals surface area contributed by atoms with E-state index in [1.54, 1.807) is 40.5 Å². The van der Waals surface area contributed by atoms with Gasteiger partial charge < -0.3 is 79.5 Å². The first kappa shape index (κ1) is 80.2. The smallest absolute Gasteiger partial charge is 0.481 e. The average molecular weight is 1660 g/mol. The fourth-order valence-corrected chi connectivity index (χ4v) is 15.3. The Hall–Kier alpha value is -10.4. The second kappa shape index (κ2) is 37.6. The van der Waals surface area contributed by atoms with Crippen LogP contribution in [0, 0.1) is 13.8 Å².